The minimum Gasteiger partial charge on any atom is -0.497 e. The van der Waals surface area contributed by atoms with Crippen LogP contribution in [0.1, 0.15) is 39.7 Å². The Labute approximate surface area is 195 Å². The van der Waals surface area contributed by atoms with Gasteiger partial charge < -0.3 is 24.7 Å². The number of hydrogen-bond acceptors (Lipinski definition) is 6. The van der Waals surface area contributed by atoms with Crippen molar-refractivity contribution in [3.05, 3.63) is 35.4 Å². The van der Waals surface area contributed by atoms with Crippen LogP contribution in [0, 0.1) is 5.92 Å². The molecule has 0 bridgehead atoms. The topological polar surface area (TPSA) is 127 Å². The van der Waals surface area contributed by atoms with Crippen LogP contribution in [0.25, 0.3) is 5.53 Å². The molecule has 0 spiro atoms. The van der Waals surface area contributed by atoms with Crippen LogP contribution in [-0.4, -0.2) is 55.7 Å². The van der Waals surface area contributed by atoms with Crippen molar-refractivity contribution >= 4 is 31.7 Å². The van der Waals surface area contributed by atoms with Gasteiger partial charge >= 0.3 is 11.7 Å². The van der Waals surface area contributed by atoms with Gasteiger partial charge in [0, 0.05) is 6.42 Å². The number of amides is 1. The summed E-state index contributed by atoms with van der Waals surface area (Å²) in [6.45, 7) is 8.08. The van der Waals surface area contributed by atoms with Gasteiger partial charge in [-0.1, -0.05) is 32.9 Å². The zero-order valence-electron chi connectivity index (χ0n) is 19.9. The molecular formula is C23H33N3O6Si. The number of ketones is 1. The lowest BCUT2D eigenvalue weighted by Crippen LogP contribution is -2.64. The van der Waals surface area contributed by atoms with E-state index in [9.17, 15) is 19.9 Å². The molecule has 0 aromatic heterocycles. The lowest BCUT2D eigenvalue weighted by atomic mass is 9.82. The van der Waals surface area contributed by atoms with Gasteiger partial charge in [-0.25, -0.2) is 4.79 Å². The molecule has 1 fully saturated rings. The molecule has 1 aromatic carbocycles. The number of ether oxygens (including phenoxy) is 2. The minimum absolute atomic E-state index is 0.0967. The largest absolute Gasteiger partial charge is 0.497 e. The molecule has 1 aliphatic rings. The van der Waals surface area contributed by atoms with Crippen molar-refractivity contribution in [3.63, 3.8) is 0 Å². The lowest BCUT2D eigenvalue weighted by Gasteiger charge is -2.43. The van der Waals surface area contributed by atoms with Crippen LogP contribution in [0.2, 0.25) is 18.1 Å². The minimum atomic E-state index is -1.93. The SMILES string of the molecule is CC[Si](CC)(CC)O[C@H](C)[C@H]1C(=O)N[C@@H]1CC(=O)C(=[N+]=[N-])C(=O)OCc1ccc(OC)cc1. The van der Waals surface area contributed by atoms with E-state index in [-0.39, 0.29) is 25.0 Å². The van der Waals surface area contributed by atoms with Crippen LogP contribution in [0.3, 0.4) is 0 Å². The third-order valence-electron chi connectivity index (χ3n) is 6.43. The van der Waals surface area contributed by atoms with Gasteiger partial charge in [-0.05, 0) is 42.8 Å². The van der Waals surface area contributed by atoms with Gasteiger partial charge in [0.2, 0.25) is 5.91 Å². The molecule has 1 aromatic rings. The number of hydrogen-bond donors (Lipinski definition) is 1. The monoisotopic (exact) mass is 475 g/mol. The molecule has 180 valence electrons. The first-order valence-corrected chi connectivity index (χ1v) is 13.8. The highest BCUT2D eigenvalue weighted by molar-refractivity contribution is 6.73. The first kappa shape index (κ1) is 26.4. The van der Waals surface area contributed by atoms with Crippen LogP contribution in [0.4, 0.5) is 0 Å². The predicted octanol–water partition coefficient (Wildman–Crippen LogP) is 2.89. The molecule has 0 unspecified atom stereocenters. The zero-order valence-corrected chi connectivity index (χ0v) is 20.9. The van der Waals surface area contributed by atoms with Crippen molar-refractivity contribution in [1.29, 1.82) is 0 Å². The summed E-state index contributed by atoms with van der Waals surface area (Å²) in [7, 11) is -0.387. The van der Waals surface area contributed by atoms with E-state index in [4.69, 9.17) is 13.9 Å². The number of Topliss-reactive ketones (excluding diaryl/α,β-unsaturated/α-hetero) is 1. The smallest absolute Gasteiger partial charge is 0.441 e. The van der Waals surface area contributed by atoms with E-state index in [0.29, 0.717) is 11.3 Å². The molecule has 0 saturated carbocycles. The van der Waals surface area contributed by atoms with Gasteiger partial charge in [0.25, 0.3) is 5.78 Å². The van der Waals surface area contributed by atoms with Crippen LogP contribution in [-0.2, 0) is 30.2 Å². The summed E-state index contributed by atoms with van der Waals surface area (Å²) in [4.78, 5) is 40.1. The summed E-state index contributed by atoms with van der Waals surface area (Å²) in [5.74, 6) is -1.76. The molecule has 1 amide bonds. The number of nitrogens with zero attached hydrogens (tertiary/aromatic N) is 2. The number of benzene rings is 1. The van der Waals surface area contributed by atoms with E-state index in [2.05, 4.69) is 30.9 Å². The molecule has 1 heterocycles. The van der Waals surface area contributed by atoms with Crippen molar-refractivity contribution in [1.82, 2.24) is 5.32 Å². The molecular weight excluding hydrogens is 442 g/mol. The van der Waals surface area contributed by atoms with Crippen molar-refractivity contribution in [3.8, 4) is 5.75 Å². The number of carbonyl (C=O) groups is 3. The van der Waals surface area contributed by atoms with Gasteiger partial charge in [-0.3, -0.25) is 9.59 Å². The standard InChI is InChI=1S/C23H33N3O6Si/c1-6-33(7-2,8-3)32-15(4)20-18(25-22(20)28)13-19(27)21(26-24)23(29)31-14-16-9-11-17(30-5)12-10-16/h9-12,15,18,20H,6-8,13-14H2,1-5H3,(H,25,28)/t15-,18-,20-/m1/s1. The fourth-order valence-corrected chi connectivity index (χ4v) is 7.02. The lowest BCUT2D eigenvalue weighted by molar-refractivity contribution is -0.144. The predicted molar refractivity (Wildman–Crippen MR) is 124 cm³/mol. The molecule has 2 rings (SSSR count). The maximum Gasteiger partial charge on any atom is 0.441 e. The average molecular weight is 476 g/mol. The Morgan fingerprint density at radius 1 is 1.15 bits per heavy atom. The van der Waals surface area contributed by atoms with Crippen LogP contribution >= 0.6 is 0 Å². The average Bonchev–Trinajstić information content (AvgIpc) is 2.81. The highest BCUT2D eigenvalue weighted by Crippen LogP contribution is 2.30. The molecule has 33 heavy (non-hydrogen) atoms. The number of carbonyl (C=O) groups excluding carboxylic acids is 3. The second-order valence-electron chi connectivity index (χ2n) is 8.21. The van der Waals surface area contributed by atoms with E-state index in [1.54, 1.807) is 31.4 Å². The van der Waals surface area contributed by atoms with Crippen LogP contribution in [0.5, 0.6) is 5.75 Å². The summed E-state index contributed by atoms with van der Waals surface area (Å²) in [5.41, 5.74) is 9.24. The van der Waals surface area contributed by atoms with Crippen LogP contribution < -0.4 is 10.1 Å². The summed E-state index contributed by atoms with van der Waals surface area (Å²) >= 11 is 0. The Bertz CT molecular complexity index is 901. The highest BCUT2D eigenvalue weighted by Gasteiger charge is 2.48. The third kappa shape index (κ3) is 6.37. The molecule has 1 saturated heterocycles. The van der Waals surface area contributed by atoms with Gasteiger partial charge in [-0.15, -0.1) is 0 Å². The number of methoxy groups -OCH3 is 1. The third-order valence-corrected chi connectivity index (χ3v) is 11.2. The van der Waals surface area contributed by atoms with Crippen LogP contribution in [0.15, 0.2) is 24.3 Å². The fourth-order valence-electron chi connectivity index (χ4n) is 4.09. The highest BCUT2D eigenvalue weighted by atomic mass is 28.4. The Kier molecular flexibility index (Phi) is 9.52. The maximum absolute atomic E-state index is 12.7. The van der Waals surface area contributed by atoms with Gasteiger partial charge in [0.15, 0.2) is 8.32 Å². The number of rotatable bonds is 13. The van der Waals surface area contributed by atoms with Crippen molar-refractivity contribution in [2.24, 2.45) is 5.92 Å². The van der Waals surface area contributed by atoms with Gasteiger partial charge in [-0.2, -0.15) is 4.79 Å². The zero-order chi connectivity index (χ0) is 24.6. The second kappa shape index (κ2) is 11.9. The Hall–Kier alpha value is -2.81. The van der Waals surface area contributed by atoms with E-state index in [1.807, 2.05) is 6.92 Å². The molecule has 9 nitrogen and oxygen atoms in total. The van der Waals surface area contributed by atoms with E-state index >= 15 is 0 Å². The molecule has 1 aliphatic heterocycles. The molecule has 3 atom stereocenters. The fraction of sp³-hybridized carbons (Fsp3) is 0.565. The first-order chi connectivity index (χ1) is 15.7. The first-order valence-electron chi connectivity index (χ1n) is 11.3. The Morgan fingerprint density at radius 3 is 2.24 bits per heavy atom. The molecule has 10 heteroatoms. The van der Waals surface area contributed by atoms with E-state index in [0.717, 1.165) is 18.1 Å². The van der Waals surface area contributed by atoms with E-state index in [1.165, 1.54) is 0 Å². The number of esters is 1. The number of nitrogens with one attached hydrogen (secondary N) is 1. The second-order valence-corrected chi connectivity index (χ2v) is 12.9. The summed E-state index contributed by atoms with van der Waals surface area (Å²) < 4.78 is 16.6. The molecule has 1 N–H and O–H groups in total. The normalized spacial score (nSPS) is 18.4. The maximum atomic E-state index is 12.7. The Morgan fingerprint density at radius 2 is 1.76 bits per heavy atom. The van der Waals surface area contributed by atoms with Crippen molar-refractivity contribution in [2.75, 3.05) is 7.11 Å². The van der Waals surface area contributed by atoms with Gasteiger partial charge in [0.1, 0.15) is 12.4 Å². The Balaban J connectivity index is 1.97. The molecule has 0 radical (unpaired) electrons. The quantitative estimate of drug-likeness (QED) is 0.0889. The summed E-state index contributed by atoms with van der Waals surface area (Å²) in [6, 6.07) is 9.20. The van der Waals surface area contributed by atoms with Crippen molar-refractivity contribution < 1.29 is 33.1 Å². The molecule has 0 aliphatic carbocycles. The van der Waals surface area contributed by atoms with Gasteiger partial charge in [0.05, 0.1) is 25.2 Å². The van der Waals surface area contributed by atoms with E-state index < -0.39 is 37.7 Å². The number of β-lactam (4-membered cyclic amide) rings is 1. The summed E-state index contributed by atoms with van der Waals surface area (Å²) in [6.07, 6.45) is -0.528. The summed E-state index contributed by atoms with van der Waals surface area (Å²) in [5, 5.41) is 2.71. The van der Waals surface area contributed by atoms with Crippen molar-refractivity contribution in [2.45, 2.75) is 71.0 Å².